The van der Waals surface area contributed by atoms with Gasteiger partial charge in [0.15, 0.2) is 11.1 Å². The van der Waals surface area contributed by atoms with Crippen molar-refractivity contribution in [1.82, 2.24) is 14.9 Å². The van der Waals surface area contributed by atoms with Gasteiger partial charge in [-0.2, -0.15) is 0 Å². The van der Waals surface area contributed by atoms with Crippen LogP contribution in [0.25, 0.3) is 10.9 Å². The Morgan fingerprint density at radius 3 is 2.73 bits per heavy atom. The van der Waals surface area contributed by atoms with Crippen molar-refractivity contribution in [1.29, 1.82) is 0 Å². The van der Waals surface area contributed by atoms with Crippen molar-refractivity contribution in [3.63, 3.8) is 0 Å². The van der Waals surface area contributed by atoms with Crippen LogP contribution in [0, 0.1) is 0 Å². The zero-order valence-corrected chi connectivity index (χ0v) is 18.2. The number of methoxy groups -OCH3 is 2. The van der Waals surface area contributed by atoms with Crippen molar-refractivity contribution in [3.8, 4) is 11.5 Å². The van der Waals surface area contributed by atoms with Crippen LogP contribution in [0.3, 0.4) is 0 Å². The highest BCUT2D eigenvalue weighted by molar-refractivity contribution is 7.13. The van der Waals surface area contributed by atoms with E-state index in [0.29, 0.717) is 12.5 Å². The Morgan fingerprint density at radius 1 is 1.20 bits per heavy atom. The lowest BCUT2D eigenvalue weighted by atomic mass is 10.2. The van der Waals surface area contributed by atoms with Crippen LogP contribution in [0.5, 0.6) is 11.5 Å². The molecule has 0 spiro atoms. The smallest absolute Gasteiger partial charge is 0.191 e. The van der Waals surface area contributed by atoms with E-state index in [0.717, 1.165) is 72.2 Å². The van der Waals surface area contributed by atoms with E-state index in [-0.39, 0.29) is 0 Å². The first-order chi connectivity index (χ1) is 14.7. The summed E-state index contributed by atoms with van der Waals surface area (Å²) in [6, 6.07) is 6.03. The third-order valence-corrected chi connectivity index (χ3v) is 6.19. The molecule has 0 aliphatic carbocycles. The topological polar surface area (TPSA) is 92.0 Å². The first-order valence-corrected chi connectivity index (χ1v) is 11.0. The summed E-state index contributed by atoms with van der Waals surface area (Å²) < 4.78 is 10.8. The maximum atomic E-state index is 6.23. The fourth-order valence-corrected chi connectivity index (χ4v) is 4.42. The van der Waals surface area contributed by atoms with E-state index < -0.39 is 0 Å². The molecule has 0 atom stereocenters. The second-order valence-corrected chi connectivity index (χ2v) is 8.09. The molecular formula is C21H28N6O2S. The third kappa shape index (κ3) is 4.46. The van der Waals surface area contributed by atoms with Crippen molar-refractivity contribution in [2.45, 2.75) is 12.8 Å². The molecule has 1 aliphatic rings. The molecule has 4 rings (SSSR count). The number of hydrogen-bond donors (Lipinski definition) is 2. The molecule has 3 N–H and O–H groups in total. The van der Waals surface area contributed by atoms with Gasteiger partial charge in [0, 0.05) is 67.5 Å². The molecule has 8 nitrogen and oxygen atoms in total. The van der Waals surface area contributed by atoms with Crippen LogP contribution in [-0.4, -0.2) is 67.8 Å². The number of piperazine rings is 1. The van der Waals surface area contributed by atoms with Crippen LogP contribution in [0.2, 0.25) is 0 Å². The van der Waals surface area contributed by atoms with E-state index >= 15 is 0 Å². The van der Waals surface area contributed by atoms with Crippen LogP contribution in [0.1, 0.15) is 12.1 Å². The maximum Gasteiger partial charge on any atom is 0.191 e. The normalized spacial score (nSPS) is 15.1. The molecule has 3 aromatic rings. The monoisotopic (exact) mass is 428 g/mol. The van der Waals surface area contributed by atoms with Crippen LogP contribution in [0.15, 0.2) is 34.8 Å². The summed E-state index contributed by atoms with van der Waals surface area (Å²) in [4.78, 5) is 16.9. The third-order valence-electron chi connectivity index (χ3n) is 5.36. The molecule has 1 saturated heterocycles. The fourth-order valence-electron chi connectivity index (χ4n) is 3.72. The Kier molecular flexibility index (Phi) is 6.27. The molecule has 1 aliphatic heterocycles. The Hall–Kier alpha value is -2.94. The lowest BCUT2D eigenvalue weighted by molar-refractivity contribution is 0.380. The van der Waals surface area contributed by atoms with Gasteiger partial charge in [-0.3, -0.25) is 4.99 Å². The van der Waals surface area contributed by atoms with Crippen molar-refractivity contribution in [3.05, 3.63) is 35.5 Å². The van der Waals surface area contributed by atoms with Gasteiger partial charge in [0.1, 0.15) is 11.5 Å². The molecule has 0 amide bonds. The molecule has 160 valence electrons. The molecule has 2 aromatic heterocycles. The van der Waals surface area contributed by atoms with Crippen molar-refractivity contribution in [2.75, 3.05) is 51.8 Å². The van der Waals surface area contributed by atoms with Gasteiger partial charge in [0.05, 0.1) is 19.7 Å². The van der Waals surface area contributed by atoms with Crippen molar-refractivity contribution < 1.29 is 9.47 Å². The number of H-pyrrole nitrogens is 1. The number of hydrogen-bond acceptors (Lipinski definition) is 6. The van der Waals surface area contributed by atoms with Crippen LogP contribution >= 0.6 is 11.3 Å². The summed E-state index contributed by atoms with van der Waals surface area (Å²) in [6.45, 7) is 4.29. The summed E-state index contributed by atoms with van der Waals surface area (Å²) in [7, 11) is 3.33. The SMILES string of the molecule is COc1cc(OC)c2cc(CCCN=C(N)N3CCN(c4nccs4)CC3)[nH]c2c1. The number of aliphatic imine (C=N–C) groups is 1. The van der Waals surface area contributed by atoms with E-state index in [2.05, 4.69) is 30.8 Å². The Balaban J connectivity index is 1.28. The minimum Gasteiger partial charge on any atom is -0.497 e. The highest BCUT2D eigenvalue weighted by Crippen LogP contribution is 2.31. The predicted octanol–water partition coefficient (Wildman–Crippen LogP) is 2.71. The summed E-state index contributed by atoms with van der Waals surface area (Å²) in [5, 5.41) is 4.16. The first-order valence-electron chi connectivity index (χ1n) is 10.1. The number of aromatic amines is 1. The van der Waals surface area contributed by atoms with E-state index in [9.17, 15) is 0 Å². The van der Waals surface area contributed by atoms with E-state index in [1.807, 2.05) is 23.7 Å². The van der Waals surface area contributed by atoms with E-state index in [1.54, 1.807) is 25.6 Å². The van der Waals surface area contributed by atoms with E-state index in [1.165, 1.54) is 0 Å². The summed E-state index contributed by atoms with van der Waals surface area (Å²) in [5.74, 6) is 2.22. The number of nitrogens with two attached hydrogens (primary N) is 1. The van der Waals surface area contributed by atoms with Gasteiger partial charge >= 0.3 is 0 Å². The van der Waals surface area contributed by atoms with Gasteiger partial charge in [-0.25, -0.2) is 4.98 Å². The maximum absolute atomic E-state index is 6.23. The number of nitrogens with one attached hydrogen (secondary N) is 1. The average molecular weight is 429 g/mol. The van der Waals surface area contributed by atoms with E-state index in [4.69, 9.17) is 15.2 Å². The molecule has 1 fully saturated rings. The fraction of sp³-hybridized carbons (Fsp3) is 0.429. The number of nitrogens with zero attached hydrogens (tertiary/aromatic N) is 4. The standard InChI is InChI=1S/C21H28N6O2S/c1-28-16-13-18-17(19(14-16)29-2)12-15(25-18)4-3-5-23-20(22)26-7-9-27(10-8-26)21-24-6-11-30-21/h6,11-14,25H,3-5,7-10H2,1-2H3,(H2,22,23). The summed E-state index contributed by atoms with van der Waals surface area (Å²) >= 11 is 1.68. The molecule has 0 radical (unpaired) electrons. The molecule has 0 unspecified atom stereocenters. The Morgan fingerprint density at radius 2 is 2.03 bits per heavy atom. The molecule has 0 saturated carbocycles. The summed E-state index contributed by atoms with van der Waals surface area (Å²) in [5.41, 5.74) is 8.40. The molecule has 30 heavy (non-hydrogen) atoms. The number of fused-ring (bicyclic) bond motifs is 1. The molecule has 3 heterocycles. The zero-order chi connectivity index (χ0) is 20.9. The van der Waals surface area contributed by atoms with Gasteiger partial charge in [0.2, 0.25) is 0 Å². The van der Waals surface area contributed by atoms with Crippen LogP contribution in [0.4, 0.5) is 5.13 Å². The highest BCUT2D eigenvalue weighted by atomic mass is 32.1. The second-order valence-electron chi connectivity index (χ2n) is 7.22. The predicted molar refractivity (Wildman–Crippen MR) is 122 cm³/mol. The zero-order valence-electron chi connectivity index (χ0n) is 17.4. The number of thiazole rings is 1. The number of anilines is 1. The Labute approximate surface area is 180 Å². The van der Waals surface area contributed by atoms with Gasteiger partial charge in [-0.15, -0.1) is 11.3 Å². The Bertz CT molecular complexity index is 993. The first kappa shape index (κ1) is 20.3. The van der Waals surface area contributed by atoms with Gasteiger partial charge in [-0.1, -0.05) is 0 Å². The van der Waals surface area contributed by atoms with Crippen LogP contribution in [-0.2, 0) is 6.42 Å². The summed E-state index contributed by atoms with van der Waals surface area (Å²) in [6.07, 6.45) is 3.67. The minimum absolute atomic E-state index is 0.636. The minimum atomic E-state index is 0.636. The van der Waals surface area contributed by atoms with Gasteiger partial charge in [0.25, 0.3) is 0 Å². The number of rotatable bonds is 7. The quantitative estimate of drug-likeness (QED) is 0.342. The van der Waals surface area contributed by atoms with Gasteiger partial charge in [-0.05, 0) is 18.9 Å². The lowest BCUT2D eigenvalue weighted by Gasteiger charge is -2.35. The number of guanidine groups is 1. The number of aromatic nitrogens is 2. The van der Waals surface area contributed by atoms with Crippen molar-refractivity contribution in [2.24, 2.45) is 10.7 Å². The molecular weight excluding hydrogens is 400 g/mol. The number of ether oxygens (including phenoxy) is 2. The molecule has 0 bridgehead atoms. The van der Waals surface area contributed by atoms with Gasteiger partial charge < -0.3 is 30.0 Å². The largest absolute Gasteiger partial charge is 0.497 e. The number of benzene rings is 1. The van der Waals surface area contributed by atoms with Crippen molar-refractivity contribution >= 4 is 33.3 Å². The van der Waals surface area contributed by atoms with Crippen LogP contribution < -0.4 is 20.1 Å². The number of aryl methyl sites for hydroxylation is 1. The lowest BCUT2D eigenvalue weighted by Crippen LogP contribution is -2.51. The highest BCUT2D eigenvalue weighted by Gasteiger charge is 2.19. The second kappa shape index (κ2) is 9.25. The molecule has 9 heteroatoms. The average Bonchev–Trinajstić information content (AvgIpc) is 3.45. The molecule has 1 aromatic carbocycles.